The van der Waals surface area contributed by atoms with Crippen molar-refractivity contribution in [2.24, 2.45) is 0 Å². The molecule has 1 aliphatic carbocycles. The molecule has 2 aliphatic rings. The van der Waals surface area contributed by atoms with Crippen LogP contribution in [0.25, 0.3) is 17.0 Å². The summed E-state index contributed by atoms with van der Waals surface area (Å²) >= 11 is 0. The minimum atomic E-state index is -0.262. The Balaban J connectivity index is 1.62. The number of carbonyl (C=O) groups excluding carboxylic acids is 1. The summed E-state index contributed by atoms with van der Waals surface area (Å²) in [6.07, 6.45) is 3.73. The molecular weight excluding hydrogens is 376 g/mol. The van der Waals surface area contributed by atoms with Gasteiger partial charge in [0.1, 0.15) is 12.1 Å². The number of carbonyl (C=O) groups is 1. The second-order valence-corrected chi connectivity index (χ2v) is 7.59. The SMILES string of the molecule is O=C1CCCC2=C1C(c1ccccc1)c1c(ncn3nc(-c4ccccc4)nc13)O2. The minimum absolute atomic E-state index is 0.139. The number of Topliss-reactive ketones (excluding diaryl/α,β-unsaturated/α-hetero) is 1. The first-order valence-corrected chi connectivity index (χ1v) is 10.1. The van der Waals surface area contributed by atoms with Crippen LogP contribution in [-0.4, -0.2) is 25.4 Å². The number of rotatable bonds is 2. The van der Waals surface area contributed by atoms with E-state index >= 15 is 0 Å². The second kappa shape index (κ2) is 6.62. The molecule has 0 saturated carbocycles. The van der Waals surface area contributed by atoms with E-state index in [0.717, 1.165) is 40.9 Å². The highest BCUT2D eigenvalue weighted by Crippen LogP contribution is 2.47. The molecule has 6 rings (SSSR count). The largest absolute Gasteiger partial charge is 0.442 e. The first-order valence-electron chi connectivity index (χ1n) is 10.1. The second-order valence-electron chi connectivity index (χ2n) is 7.59. The number of hydrogen-bond donors (Lipinski definition) is 0. The number of nitrogens with zero attached hydrogens (tertiary/aromatic N) is 4. The molecular formula is C24H18N4O2. The van der Waals surface area contributed by atoms with Gasteiger partial charge >= 0.3 is 0 Å². The van der Waals surface area contributed by atoms with Crippen molar-refractivity contribution in [3.8, 4) is 17.3 Å². The molecule has 6 nitrogen and oxygen atoms in total. The predicted molar refractivity (Wildman–Crippen MR) is 111 cm³/mol. The molecule has 4 aromatic rings. The van der Waals surface area contributed by atoms with Gasteiger partial charge in [0.25, 0.3) is 0 Å². The highest BCUT2D eigenvalue weighted by Gasteiger charge is 2.39. The highest BCUT2D eigenvalue weighted by molar-refractivity contribution is 6.00. The number of ketones is 1. The lowest BCUT2D eigenvalue weighted by molar-refractivity contribution is -0.116. The standard InChI is InChI=1S/C24H18N4O2/c29-17-12-7-13-18-20(17)19(15-8-3-1-4-9-15)21-23-26-22(16-10-5-2-6-11-16)27-28(23)14-25-24(21)30-18/h1-6,8-11,14,19H,7,12-13H2. The third kappa shape index (κ3) is 2.57. The normalized spacial score (nSPS) is 18.1. The van der Waals surface area contributed by atoms with E-state index in [9.17, 15) is 4.79 Å². The van der Waals surface area contributed by atoms with E-state index in [1.807, 2.05) is 60.7 Å². The topological polar surface area (TPSA) is 69.4 Å². The van der Waals surface area contributed by atoms with Crippen molar-refractivity contribution in [3.05, 3.63) is 89.5 Å². The van der Waals surface area contributed by atoms with Gasteiger partial charge in [0.2, 0.25) is 5.88 Å². The molecule has 0 amide bonds. The Labute approximate surface area is 172 Å². The van der Waals surface area contributed by atoms with E-state index in [1.165, 1.54) is 0 Å². The fourth-order valence-corrected chi connectivity index (χ4v) is 4.41. The van der Waals surface area contributed by atoms with Gasteiger partial charge in [0.15, 0.2) is 17.3 Å². The minimum Gasteiger partial charge on any atom is -0.442 e. The Morgan fingerprint density at radius 1 is 0.967 bits per heavy atom. The van der Waals surface area contributed by atoms with Gasteiger partial charge in [-0.3, -0.25) is 4.79 Å². The van der Waals surface area contributed by atoms with Gasteiger partial charge in [0.05, 0.1) is 5.56 Å². The van der Waals surface area contributed by atoms with Crippen molar-refractivity contribution in [2.45, 2.75) is 25.2 Å². The quantitative estimate of drug-likeness (QED) is 0.506. The Kier molecular flexibility index (Phi) is 3.77. The summed E-state index contributed by atoms with van der Waals surface area (Å²) in [5, 5.41) is 4.63. The van der Waals surface area contributed by atoms with Gasteiger partial charge in [-0.05, 0) is 12.0 Å². The first kappa shape index (κ1) is 17.1. The molecule has 6 heteroatoms. The number of allylic oxidation sites excluding steroid dienone is 2. The van der Waals surface area contributed by atoms with E-state index in [0.29, 0.717) is 23.8 Å². The Morgan fingerprint density at radius 2 is 1.73 bits per heavy atom. The maximum atomic E-state index is 13.0. The third-order valence-corrected chi connectivity index (χ3v) is 5.76. The fraction of sp³-hybridized carbons (Fsp3) is 0.167. The van der Waals surface area contributed by atoms with Crippen molar-refractivity contribution in [2.75, 3.05) is 0 Å². The zero-order valence-corrected chi connectivity index (χ0v) is 16.2. The molecule has 1 aliphatic heterocycles. The van der Waals surface area contributed by atoms with Crippen molar-refractivity contribution in [1.29, 1.82) is 0 Å². The molecule has 146 valence electrons. The number of benzene rings is 2. The van der Waals surface area contributed by atoms with Crippen LogP contribution in [0.2, 0.25) is 0 Å². The lowest BCUT2D eigenvalue weighted by atomic mass is 9.78. The van der Waals surface area contributed by atoms with Crippen molar-refractivity contribution in [3.63, 3.8) is 0 Å². The Bertz CT molecular complexity index is 1310. The maximum Gasteiger partial charge on any atom is 0.228 e. The van der Waals surface area contributed by atoms with Crippen molar-refractivity contribution in [1.82, 2.24) is 19.6 Å². The average Bonchev–Trinajstić information content (AvgIpc) is 3.24. The fourth-order valence-electron chi connectivity index (χ4n) is 4.41. The number of hydrogen-bond acceptors (Lipinski definition) is 5. The highest BCUT2D eigenvalue weighted by atomic mass is 16.5. The maximum absolute atomic E-state index is 13.0. The van der Waals surface area contributed by atoms with Crippen LogP contribution < -0.4 is 4.74 Å². The van der Waals surface area contributed by atoms with Gasteiger partial charge in [0, 0.05) is 29.9 Å². The summed E-state index contributed by atoms with van der Waals surface area (Å²) in [4.78, 5) is 22.4. The smallest absolute Gasteiger partial charge is 0.228 e. The lowest BCUT2D eigenvalue weighted by Crippen LogP contribution is -2.26. The summed E-state index contributed by atoms with van der Waals surface area (Å²) in [7, 11) is 0. The zero-order chi connectivity index (χ0) is 20.1. The monoisotopic (exact) mass is 394 g/mol. The number of ether oxygens (including phenoxy) is 1. The molecule has 0 saturated heterocycles. The molecule has 2 aromatic carbocycles. The summed E-state index contributed by atoms with van der Waals surface area (Å²) in [6.45, 7) is 0. The average molecular weight is 394 g/mol. The van der Waals surface area contributed by atoms with Gasteiger partial charge in [-0.2, -0.15) is 0 Å². The van der Waals surface area contributed by atoms with Crippen LogP contribution in [0.5, 0.6) is 5.88 Å². The molecule has 30 heavy (non-hydrogen) atoms. The van der Waals surface area contributed by atoms with E-state index in [4.69, 9.17) is 9.72 Å². The van der Waals surface area contributed by atoms with E-state index in [1.54, 1.807) is 10.8 Å². The van der Waals surface area contributed by atoms with Gasteiger partial charge in [-0.1, -0.05) is 60.7 Å². The molecule has 2 aromatic heterocycles. The predicted octanol–water partition coefficient (Wildman–Crippen LogP) is 4.32. The zero-order valence-electron chi connectivity index (χ0n) is 16.2. The van der Waals surface area contributed by atoms with Crippen molar-refractivity contribution >= 4 is 11.4 Å². The van der Waals surface area contributed by atoms with Crippen LogP contribution >= 0.6 is 0 Å². The summed E-state index contributed by atoms with van der Waals surface area (Å²) in [6, 6.07) is 19.9. The van der Waals surface area contributed by atoms with Crippen LogP contribution in [0.15, 0.2) is 78.3 Å². The molecule has 1 unspecified atom stereocenters. The first-order chi connectivity index (χ1) is 14.8. The van der Waals surface area contributed by atoms with Crippen LogP contribution in [0.3, 0.4) is 0 Å². The number of fused-ring (bicyclic) bond motifs is 3. The molecule has 0 N–H and O–H groups in total. The molecule has 0 bridgehead atoms. The van der Waals surface area contributed by atoms with E-state index in [2.05, 4.69) is 10.1 Å². The van der Waals surface area contributed by atoms with Gasteiger partial charge in [-0.25, -0.2) is 14.5 Å². The molecule has 0 radical (unpaired) electrons. The Hall–Kier alpha value is -3.80. The van der Waals surface area contributed by atoms with Crippen LogP contribution in [0.4, 0.5) is 0 Å². The van der Waals surface area contributed by atoms with E-state index < -0.39 is 0 Å². The van der Waals surface area contributed by atoms with Gasteiger partial charge < -0.3 is 4.74 Å². The summed E-state index contributed by atoms with van der Waals surface area (Å²) < 4.78 is 7.83. The molecule has 0 fully saturated rings. The van der Waals surface area contributed by atoms with E-state index in [-0.39, 0.29) is 11.7 Å². The van der Waals surface area contributed by atoms with Crippen LogP contribution in [0, 0.1) is 0 Å². The Morgan fingerprint density at radius 3 is 2.53 bits per heavy atom. The van der Waals surface area contributed by atoms with Crippen LogP contribution in [0.1, 0.15) is 36.3 Å². The summed E-state index contributed by atoms with van der Waals surface area (Å²) in [5.41, 5.74) is 4.16. The molecule has 3 heterocycles. The third-order valence-electron chi connectivity index (χ3n) is 5.76. The summed E-state index contributed by atoms with van der Waals surface area (Å²) in [5.74, 6) is 1.75. The van der Waals surface area contributed by atoms with Crippen LogP contribution in [-0.2, 0) is 4.79 Å². The molecule has 1 atom stereocenters. The molecule has 0 spiro atoms. The lowest BCUT2D eigenvalue weighted by Gasteiger charge is -2.31. The number of aromatic nitrogens is 4. The van der Waals surface area contributed by atoms with Gasteiger partial charge in [-0.15, -0.1) is 5.10 Å². The van der Waals surface area contributed by atoms with Crippen molar-refractivity contribution < 1.29 is 9.53 Å².